The molecule has 2 rings (SSSR count). The Morgan fingerprint density at radius 3 is 2.45 bits per heavy atom. The zero-order valence-corrected chi connectivity index (χ0v) is 10.6. The molecule has 0 bridgehead atoms. The van der Waals surface area contributed by atoms with E-state index in [9.17, 15) is 13.6 Å². The van der Waals surface area contributed by atoms with Crippen LogP contribution in [-0.2, 0) is 0 Å². The van der Waals surface area contributed by atoms with Crippen molar-refractivity contribution in [2.75, 3.05) is 5.73 Å². The SMILES string of the molecule is Nc1[nH]c(=S)[nH]c(=O)c1N=Cc1cc(F)c(O)c(F)c1. The number of phenolic OH excluding ortho intramolecular Hbond substituents is 1. The molecule has 1 aromatic carbocycles. The van der Waals surface area contributed by atoms with E-state index >= 15 is 0 Å². The third-order valence-corrected chi connectivity index (χ3v) is 2.53. The minimum atomic E-state index is -1.14. The lowest BCUT2D eigenvalue weighted by Crippen LogP contribution is -2.10. The summed E-state index contributed by atoms with van der Waals surface area (Å²) in [5.41, 5.74) is 4.73. The lowest BCUT2D eigenvalue weighted by Gasteiger charge is -2.00. The second-order valence-corrected chi connectivity index (χ2v) is 4.17. The van der Waals surface area contributed by atoms with Crippen LogP contribution in [0.25, 0.3) is 0 Å². The largest absolute Gasteiger partial charge is 0.503 e. The predicted molar refractivity (Wildman–Crippen MR) is 71.9 cm³/mol. The number of anilines is 1. The van der Waals surface area contributed by atoms with Gasteiger partial charge in [-0.25, -0.2) is 13.8 Å². The fourth-order valence-corrected chi connectivity index (χ4v) is 1.63. The molecule has 6 nitrogen and oxygen atoms in total. The first-order valence-electron chi connectivity index (χ1n) is 5.22. The van der Waals surface area contributed by atoms with E-state index in [4.69, 9.17) is 23.1 Å². The van der Waals surface area contributed by atoms with Crippen LogP contribution in [0.5, 0.6) is 5.75 Å². The number of nitrogens with zero attached hydrogens (tertiary/aromatic N) is 1. The maximum atomic E-state index is 13.1. The number of aliphatic imine (C=N–C) groups is 1. The van der Waals surface area contributed by atoms with Crippen LogP contribution < -0.4 is 11.3 Å². The Morgan fingerprint density at radius 2 is 1.90 bits per heavy atom. The van der Waals surface area contributed by atoms with Gasteiger partial charge in [0.1, 0.15) is 5.82 Å². The average Bonchev–Trinajstić information content (AvgIpc) is 2.34. The van der Waals surface area contributed by atoms with Crippen LogP contribution >= 0.6 is 12.2 Å². The summed E-state index contributed by atoms with van der Waals surface area (Å²) < 4.78 is 26.3. The monoisotopic (exact) mass is 298 g/mol. The maximum absolute atomic E-state index is 13.1. The molecule has 5 N–H and O–H groups in total. The topological polar surface area (TPSA) is 107 Å². The molecule has 2 aromatic rings. The number of hydrogen-bond donors (Lipinski definition) is 4. The van der Waals surface area contributed by atoms with Crippen molar-refractivity contribution in [2.24, 2.45) is 4.99 Å². The molecule has 0 aliphatic heterocycles. The molecule has 0 spiro atoms. The van der Waals surface area contributed by atoms with Crippen LogP contribution in [0.15, 0.2) is 21.9 Å². The molecule has 0 saturated carbocycles. The third-order valence-electron chi connectivity index (χ3n) is 2.33. The number of benzene rings is 1. The number of H-pyrrole nitrogens is 2. The van der Waals surface area contributed by atoms with Crippen molar-refractivity contribution in [3.05, 3.63) is 44.5 Å². The molecule has 0 fully saturated rings. The van der Waals surface area contributed by atoms with Crippen molar-refractivity contribution >= 4 is 29.9 Å². The minimum Gasteiger partial charge on any atom is -0.503 e. The van der Waals surface area contributed by atoms with Crippen molar-refractivity contribution in [1.82, 2.24) is 9.97 Å². The summed E-state index contributed by atoms with van der Waals surface area (Å²) in [7, 11) is 0. The van der Waals surface area contributed by atoms with E-state index in [2.05, 4.69) is 15.0 Å². The van der Waals surface area contributed by atoms with E-state index < -0.39 is 22.9 Å². The van der Waals surface area contributed by atoms with Gasteiger partial charge in [0.2, 0.25) is 0 Å². The standard InChI is InChI=1S/C11H8F2N4O2S/c12-5-1-4(2-6(13)8(5)18)3-15-7-9(14)16-11(20)17-10(7)19/h1-3,18H,(H4,14,16,17,19,20). The summed E-state index contributed by atoms with van der Waals surface area (Å²) in [5.74, 6) is -3.43. The third kappa shape index (κ3) is 2.72. The summed E-state index contributed by atoms with van der Waals surface area (Å²) in [6.45, 7) is 0. The van der Waals surface area contributed by atoms with Gasteiger partial charge in [-0.3, -0.25) is 9.78 Å². The van der Waals surface area contributed by atoms with Crippen molar-refractivity contribution in [3.63, 3.8) is 0 Å². The number of aromatic amines is 2. The average molecular weight is 298 g/mol. The number of aromatic nitrogens is 2. The van der Waals surface area contributed by atoms with E-state index in [-0.39, 0.29) is 21.8 Å². The van der Waals surface area contributed by atoms with Crippen LogP contribution in [0.4, 0.5) is 20.3 Å². The smallest absolute Gasteiger partial charge is 0.279 e. The van der Waals surface area contributed by atoms with Crippen molar-refractivity contribution in [1.29, 1.82) is 0 Å². The first-order valence-corrected chi connectivity index (χ1v) is 5.63. The molecule has 0 radical (unpaired) electrons. The Hall–Kier alpha value is -2.55. The van der Waals surface area contributed by atoms with Gasteiger partial charge in [-0.1, -0.05) is 0 Å². The molecular formula is C11H8F2N4O2S. The van der Waals surface area contributed by atoms with E-state index in [1.165, 1.54) is 0 Å². The number of nitrogen functional groups attached to an aromatic ring is 1. The molecule has 1 aromatic heterocycles. The summed E-state index contributed by atoms with van der Waals surface area (Å²) in [4.78, 5) is 20.0. The molecule has 0 saturated heterocycles. The fourth-order valence-electron chi connectivity index (χ4n) is 1.42. The molecule has 104 valence electrons. The maximum Gasteiger partial charge on any atom is 0.279 e. The summed E-state index contributed by atoms with van der Waals surface area (Å²) in [6.07, 6.45) is 1.03. The number of rotatable bonds is 2. The van der Waals surface area contributed by atoms with E-state index in [1.807, 2.05) is 0 Å². The van der Waals surface area contributed by atoms with Crippen LogP contribution in [0, 0.1) is 16.4 Å². The number of phenols is 1. The first kappa shape index (κ1) is 13.9. The van der Waals surface area contributed by atoms with E-state index in [0.717, 1.165) is 18.3 Å². The van der Waals surface area contributed by atoms with E-state index in [1.54, 1.807) is 0 Å². The molecular weight excluding hydrogens is 290 g/mol. The number of nitrogens with two attached hydrogens (primary N) is 1. The van der Waals surface area contributed by atoms with Gasteiger partial charge in [0, 0.05) is 6.21 Å². The Balaban J connectivity index is 2.45. The van der Waals surface area contributed by atoms with Crippen molar-refractivity contribution < 1.29 is 13.9 Å². The minimum absolute atomic E-state index is 0.0130. The molecule has 9 heteroatoms. The molecule has 0 atom stereocenters. The van der Waals surface area contributed by atoms with Gasteiger partial charge in [0.05, 0.1) is 0 Å². The van der Waals surface area contributed by atoms with Crippen molar-refractivity contribution in [3.8, 4) is 5.75 Å². The molecule has 1 heterocycles. The summed E-state index contributed by atoms with van der Waals surface area (Å²) >= 11 is 4.70. The lowest BCUT2D eigenvalue weighted by molar-refractivity contribution is 0.396. The highest BCUT2D eigenvalue weighted by Gasteiger charge is 2.09. The second kappa shape index (κ2) is 5.21. The highest BCUT2D eigenvalue weighted by atomic mass is 32.1. The number of hydrogen-bond acceptors (Lipinski definition) is 5. The normalized spacial score (nSPS) is 11.1. The van der Waals surface area contributed by atoms with Crippen LogP contribution in [0.1, 0.15) is 5.56 Å². The van der Waals surface area contributed by atoms with Gasteiger partial charge in [-0.2, -0.15) is 0 Å². The fraction of sp³-hybridized carbons (Fsp3) is 0. The molecule has 20 heavy (non-hydrogen) atoms. The van der Waals surface area contributed by atoms with Crippen molar-refractivity contribution in [2.45, 2.75) is 0 Å². The molecule has 0 amide bonds. The first-order chi connectivity index (χ1) is 9.38. The van der Waals surface area contributed by atoms with Gasteiger partial charge < -0.3 is 15.8 Å². The lowest BCUT2D eigenvalue weighted by atomic mass is 10.2. The second-order valence-electron chi connectivity index (χ2n) is 3.76. The van der Waals surface area contributed by atoms with Gasteiger partial charge in [0.25, 0.3) is 5.56 Å². The highest BCUT2D eigenvalue weighted by Crippen LogP contribution is 2.21. The van der Waals surface area contributed by atoms with Gasteiger partial charge >= 0.3 is 0 Å². The van der Waals surface area contributed by atoms with Crippen LogP contribution in [-0.4, -0.2) is 21.3 Å². The zero-order valence-electron chi connectivity index (χ0n) is 9.78. The van der Waals surface area contributed by atoms with Crippen LogP contribution in [0.3, 0.4) is 0 Å². The van der Waals surface area contributed by atoms with Gasteiger partial charge in [-0.15, -0.1) is 0 Å². The molecule has 0 unspecified atom stereocenters. The van der Waals surface area contributed by atoms with Gasteiger partial charge in [-0.05, 0) is 29.9 Å². The van der Waals surface area contributed by atoms with Gasteiger partial charge in [0.15, 0.2) is 27.8 Å². The molecule has 0 aliphatic carbocycles. The quantitative estimate of drug-likeness (QED) is 0.500. The van der Waals surface area contributed by atoms with E-state index in [0.29, 0.717) is 0 Å². The Kier molecular flexibility index (Phi) is 3.61. The molecule has 0 aliphatic rings. The highest BCUT2D eigenvalue weighted by molar-refractivity contribution is 7.71. The Bertz CT molecular complexity index is 790. The predicted octanol–water partition coefficient (Wildman–Crippen LogP) is 1.75. The number of halogens is 2. The number of nitrogens with one attached hydrogen (secondary N) is 2. The Morgan fingerprint density at radius 1 is 1.30 bits per heavy atom. The zero-order chi connectivity index (χ0) is 14.9. The number of aromatic hydroxyl groups is 1. The summed E-state index contributed by atoms with van der Waals surface area (Å²) in [6, 6.07) is 1.72. The Labute approximate surface area is 115 Å². The summed E-state index contributed by atoms with van der Waals surface area (Å²) in [5, 5.41) is 8.95. The van der Waals surface area contributed by atoms with Crippen LogP contribution in [0.2, 0.25) is 0 Å².